The Hall–Kier alpha value is -1.16. The maximum absolute atomic E-state index is 5.64. The predicted octanol–water partition coefficient (Wildman–Crippen LogP) is 0.526. The first kappa shape index (κ1) is 8.44. The first-order chi connectivity index (χ1) is 6.34. The first-order valence-electron chi connectivity index (χ1n) is 4.51. The molecule has 0 saturated carbocycles. The van der Waals surface area contributed by atoms with Crippen LogP contribution in [0.1, 0.15) is 12.2 Å². The van der Waals surface area contributed by atoms with Gasteiger partial charge >= 0.3 is 0 Å². The van der Waals surface area contributed by atoms with Gasteiger partial charge in [0.2, 0.25) is 5.88 Å². The van der Waals surface area contributed by atoms with Gasteiger partial charge in [0.15, 0.2) is 0 Å². The van der Waals surface area contributed by atoms with Gasteiger partial charge in [-0.2, -0.15) is 4.98 Å². The van der Waals surface area contributed by atoms with E-state index in [2.05, 4.69) is 15.3 Å². The van der Waals surface area contributed by atoms with Crippen LogP contribution in [0.2, 0.25) is 0 Å². The molecule has 1 aromatic rings. The van der Waals surface area contributed by atoms with Gasteiger partial charge in [-0.15, -0.1) is 0 Å². The fourth-order valence-electron chi connectivity index (χ4n) is 1.40. The topological polar surface area (TPSA) is 47.0 Å². The van der Waals surface area contributed by atoms with Gasteiger partial charge in [-0.3, -0.25) is 0 Å². The molecule has 4 heteroatoms. The molecule has 0 aromatic carbocycles. The minimum Gasteiger partial charge on any atom is -0.473 e. The standard InChI is InChI=1S/C9H13N3O/c1-7-11-5-3-9(12-7)13-8-2-4-10-6-8/h3,5,8,10H,2,4,6H2,1H3. The molecular weight excluding hydrogens is 166 g/mol. The Morgan fingerprint density at radius 2 is 2.54 bits per heavy atom. The molecule has 2 rings (SSSR count). The second-order valence-electron chi connectivity index (χ2n) is 3.17. The van der Waals surface area contributed by atoms with Crippen molar-refractivity contribution >= 4 is 0 Å². The SMILES string of the molecule is Cc1nccc(OC2CCNC2)n1. The van der Waals surface area contributed by atoms with E-state index in [4.69, 9.17) is 4.74 Å². The van der Waals surface area contributed by atoms with Crippen molar-refractivity contribution in [1.82, 2.24) is 15.3 Å². The number of nitrogens with one attached hydrogen (secondary N) is 1. The van der Waals surface area contributed by atoms with E-state index in [0.29, 0.717) is 5.88 Å². The number of hydrogen-bond acceptors (Lipinski definition) is 4. The summed E-state index contributed by atoms with van der Waals surface area (Å²) in [7, 11) is 0. The monoisotopic (exact) mass is 179 g/mol. The summed E-state index contributed by atoms with van der Waals surface area (Å²) in [6, 6.07) is 1.80. The molecule has 0 aliphatic carbocycles. The lowest BCUT2D eigenvalue weighted by Crippen LogP contribution is -2.20. The Morgan fingerprint density at radius 3 is 3.23 bits per heavy atom. The molecule has 1 aromatic heterocycles. The molecular formula is C9H13N3O. The van der Waals surface area contributed by atoms with E-state index < -0.39 is 0 Å². The van der Waals surface area contributed by atoms with Gasteiger partial charge < -0.3 is 10.1 Å². The highest BCUT2D eigenvalue weighted by Gasteiger charge is 2.16. The Labute approximate surface area is 77.4 Å². The molecule has 1 atom stereocenters. The molecule has 0 amide bonds. The van der Waals surface area contributed by atoms with Crippen LogP contribution in [0, 0.1) is 6.92 Å². The van der Waals surface area contributed by atoms with E-state index in [0.717, 1.165) is 25.3 Å². The summed E-state index contributed by atoms with van der Waals surface area (Å²) in [6.07, 6.45) is 3.05. The van der Waals surface area contributed by atoms with E-state index >= 15 is 0 Å². The highest BCUT2D eigenvalue weighted by Crippen LogP contribution is 2.10. The number of rotatable bonds is 2. The van der Waals surface area contributed by atoms with E-state index in [9.17, 15) is 0 Å². The number of aromatic nitrogens is 2. The third kappa shape index (κ3) is 2.15. The van der Waals surface area contributed by atoms with Crippen LogP contribution in [0.25, 0.3) is 0 Å². The fourth-order valence-corrected chi connectivity index (χ4v) is 1.40. The summed E-state index contributed by atoms with van der Waals surface area (Å²) in [5.74, 6) is 1.43. The third-order valence-corrected chi connectivity index (χ3v) is 2.05. The normalized spacial score (nSPS) is 21.8. The largest absolute Gasteiger partial charge is 0.473 e. The minimum atomic E-state index is 0.272. The molecule has 0 spiro atoms. The summed E-state index contributed by atoms with van der Waals surface area (Å²) in [5, 5.41) is 3.24. The zero-order valence-electron chi connectivity index (χ0n) is 7.66. The number of nitrogens with zero attached hydrogens (tertiary/aromatic N) is 2. The second kappa shape index (κ2) is 3.70. The molecule has 70 valence electrons. The summed E-state index contributed by atoms with van der Waals surface area (Å²) < 4.78 is 5.64. The van der Waals surface area contributed by atoms with Crippen molar-refractivity contribution in [2.24, 2.45) is 0 Å². The van der Waals surface area contributed by atoms with Crippen LogP contribution >= 0.6 is 0 Å². The molecule has 0 radical (unpaired) electrons. The average molecular weight is 179 g/mol. The van der Waals surface area contributed by atoms with Gasteiger partial charge in [0.1, 0.15) is 11.9 Å². The first-order valence-corrected chi connectivity index (χ1v) is 4.51. The smallest absolute Gasteiger partial charge is 0.216 e. The molecule has 1 aliphatic heterocycles. The lowest BCUT2D eigenvalue weighted by molar-refractivity contribution is 0.213. The minimum absolute atomic E-state index is 0.272. The van der Waals surface area contributed by atoms with Crippen molar-refractivity contribution in [3.63, 3.8) is 0 Å². The van der Waals surface area contributed by atoms with E-state index in [1.165, 1.54) is 0 Å². The van der Waals surface area contributed by atoms with Crippen LogP contribution in [0.5, 0.6) is 5.88 Å². The molecule has 13 heavy (non-hydrogen) atoms. The van der Waals surface area contributed by atoms with E-state index in [1.807, 2.05) is 6.92 Å². The van der Waals surface area contributed by atoms with Crippen molar-refractivity contribution < 1.29 is 4.74 Å². The van der Waals surface area contributed by atoms with Crippen molar-refractivity contribution in [2.75, 3.05) is 13.1 Å². The summed E-state index contributed by atoms with van der Waals surface area (Å²) in [6.45, 7) is 3.82. The quantitative estimate of drug-likeness (QED) is 0.719. The molecule has 2 heterocycles. The van der Waals surface area contributed by atoms with Gasteiger partial charge in [-0.1, -0.05) is 0 Å². The Kier molecular flexibility index (Phi) is 2.40. The zero-order chi connectivity index (χ0) is 9.10. The van der Waals surface area contributed by atoms with Crippen molar-refractivity contribution in [2.45, 2.75) is 19.4 Å². The average Bonchev–Trinajstić information content (AvgIpc) is 2.57. The Bertz CT molecular complexity index is 284. The lowest BCUT2D eigenvalue weighted by atomic mass is 10.3. The van der Waals surface area contributed by atoms with E-state index in [-0.39, 0.29) is 6.10 Å². The number of aryl methyl sites for hydroxylation is 1. The predicted molar refractivity (Wildman–Crippen MR) is 48.7 cm³/mol. The van der Waals surface area contributed by atoms with Crippen LogP contribution in [0.3, 0.4) is 0 Å². The molecule has 1 saturated heterocycles. The third-order valence-electron chi connectivity index (χ3n) is 2.05. The van der Waals surface area contributed by atoms with E-state index in [1.54, 1.807) is 12.3 Å². The van der Waals surface area contributed by atoms with Crippen LogP contribution in [-0.4, -0.2) is 29.2 Å². The van der Waals surface area contributed by atoms with Crippen LogP contribution in [0.15, 0.2) is 12.3 Å². The lowest BCUT2D eigenvalue weighted by Gasteiger charge is -2.10. The summed E-state index contributed by atoms with van der Waals surface area (Å²) in [5.41, 5.74) is 0. The second-order valence-corrected chi connectivity index (χ2v) is 3.17. The van der Waals surface area contributed by atoms with Crippen LogP contribution in [0.4, 0.5) is 0 Å². The van der Waals surface area contributed by atoms with Crippen molar-refractivity contribution in [3.8, 4) is 5.88 Å². The van der Waals surface area contributed by atoms with Crippen molar-refractivity contribution in [3.05, 3.63) is 18.1 Å². The zero-order valence-corrected chi connectivity index (χ0v) is 7.66. The maximum atomic E-state index is 5.64. The highest BCUT2D eigenvalue weighted by molar-refractivity contribution is 5.08. The molecule has 1 fully saturated rings. The molecule has 4 nitrogen and oxygen atoms in total. The molecule has 0 bridgehead atoms. The number of ether oxygens (including phenoxy) is 1. The molecule has 1 aliphatic rings. The van der Waals surface area contributed by atoms with Gasteiger partial charge in [0, 0.05) is 18.8 Å². The number of hydrogen-bond donors (Lipinski definition) is 1. The summed E-state index contributed by atoms with van der Waals surface area (Å²) >= 11 is 0. The van der Waals surface area contributed by atoms with Gasteiger partial charge in [0.05, 0.1) is 0 Å². The van der Waals surface area contributed by atoms with Crippen LogP contribution < -0.4 is 10.1 Å². The maximum Gasteiger partial charge on any atom is 0.216 e. The van der Waals surface area contributed by atoms with Gasteiger partial charge in [-0.05, 0) is 19.9 Å². The van der Waals surface area contributed by atoms with Crippen molar-refractivity contribution in [1.29, 1.82) is 0 Å². The Balaban J connectivity index is 2.00. The highest BCUT2D eigenvalue weighted by atomic mass is 16.5. The summed E-state index contributed by atoms with van der Waals surface area (Å²) in [4.78, 5) is 8.18. The molecule has 1 N–H and O–H groups in total. The fraction of sp³-hybridized carbons (Fsp3) is 0.556. The van der Waals surface area contributed by atoms with Gasteiger partial charge in [-0.25, -0.2) is 4.98 Å². The molecule has 1 unspecified atom stereocenters. The van der Waals surface area contributed by atoms with Gasteiger partial charge in [0.25, 0.3) is 0 Å². The van der Waals surface area contributed by atoms with Crippen LogP contribution in [-0.2, 0) is 0 Å². The Morgan fingerprint density at radius 1 is 1.62 bits per heavy atom.